The van der Waals surface area contributed by atoms with E-state index in [4.69, 9.17) is 16.7 Å². The third-order valence-electron chi connectivity index (χ3n) is 3.01. The Balaban J connectivity index is 1.81. The first kappa shape index (κ1) is 15.1. The summed E-state index contributed by atoms with van der Waals surface area (Å²) < 4.78 is 1.40. The third-order valence-corrected chi connectivity index (χ3v) is 3.26. The van der Waals surface area contributed by atoms with Crippen molar-refractivity contribution >= 4 is 23.5 Å². The standard InChI is InChI=1S/C15H15ClN2O3/c16-12-5-3-11(4-6-12)7-8-17-14(19)10-18-9-1-2-13(18)15(20)21/h1-6,9H,7-8,10H2,(H,17,19)(H,20,21). The zero-order valence-corrected chi connectivity index (χ0v) is 12.0. The van der Waals surface area contributed by atoms with Crippen LogP contribution in [0.3, 0.4) is 0 Å². The number of carbonyl (C=O) groups is 2. The van der Waals surface area contributed by atoms with Crippen LogP contribution in [0.1, 0.15) is 16.1 Å². The van der Waals surface area contributed by atoms with Gasteiger partial charge in [-0.2, -0.15) is 0 Å². The first-order valence-corrected chi connectivity index (χ1v) is 6.83. The smallest absolute Gasteiger partial charge is 0.352 e. The van der Waals surface area contributed by atoms with Gasteiger partial charge in [-0.05, 0) is 36.2 Å². The number of amides is 1. The predicted molar refractivity (Wildman–Crippen MR) is 79.6 cm³/mol. The Morgan fingerprint density at radius 2 is 1.90 bits per heavy atom. The van der Waals surface area contributed by atoms with E-state index in [0.717, 1.165) is 5.56 Å². The molecule has 2 aromatic rings. The molecule has 0 unspecified atom stereocenters. The van der Waals surface area contributed by atoms with Crippen molar-refractivity contribution in [3.8, 4) is 0 Å². The van der Waals surface area contributed by atoms with Gasteiger partial charge in [0.15, 0.2) is 0 Å². The largest absolute Gasteiger partial charge is 0.477 e. The number of carboxylic acid groups (broad SMARTS) is 1. The molecule has 1 aromatic heterocycles. The molecule has 0 saturated carbocycles. The van der Waals surface area contributed by atoms with E-state index < -0.39 is 5.97 Å². The molecule has 0 spiro atoms. The van der Waals surface area contributed by atoms with Crippen LogP contribution in [0.15, 0.2) is 42.6 Å². The van der Waals surface area contributed by atoms with Crippen molar-refractivity contribution in [2.75, 3.05) is 6.54 Å². The number of carbonyl (C=O) groups excluding carboxylic acids is 1. The fourth-order valence-electron chi connectivity index (χ4n) is 1.95. The average molecular weight is 307 g/mol. The van der Waals surface area contributed by atoms with Crippen molar-refractivity contribution < 1.29 is 14.7 Å². The van der Waals surface area contributed by atoms with E-state index in [1.54, 1.807) is 24.4 Å². The van der Waals surface area contributed by atoms with Crippen molar-refractivity contribution in [1.29, 1.82) is 0 Å². The zero-order valence-electron chi connectivity index (χ0n) is 11.3. The van der Waals surface area contributed by atoms with Crippen LogP contribution >= 0.6 is 11.6 Å². The molecular formula is C15H15ClN2O3. The van der Waals surface area contributed by atoms with Crippen molar-refractivity contribution in [2.45, 2.75) is 13.0 Å². The molecular weight excluding hydrogens is 292 g/mol. The molecule has 0 aliphatic carbocycles. The molecule has 6 heteroatoms. The molecule has 0 aliphatic rings. The quantitative estimate of drug-likeness (QED) is 0.859. The van der Waals surface area contributed by atoms with Crippen molar-refractivity contribution in [3.05, 3.63) is 58.9 Å². The van der Waals surface area contributed by atoms with E-state index in [-0.39, 0.29) is 18.1 Å². The highest BCUT2D eigenvalue weighted by molar-refractivity contribution is 6.30. The Hall–Kier alpha value is -2.27. The van der Waals surface area contributed by atoms with Crippen LogP contribution < -0.4 is 5.32 Å². The molecule has 0 fully saturated rings. The van der Waals surface area contributed by atoms with Crippen molar-refractivity contribution in [3.63, 3.8) is 0 Å². The summed E-state index contributed by atoms with van der Waals surface area (Å²) in [5, 5.41) is 12.4. The summed E-state index contributed by atoms with van der Waals surface area (Å²) >= 11 is 5.80. The van der Waals surface area contributed by atoms with Crippen LogP contribution in [0.25, 0.3) is 0 Å². The molecule has 1 amide bonds. The summed E-state index contributed by atoms with van der Waals surface area (Å²) in [5.74, 6) is -1.27. The molecule has 5 nitrogen and oxygen atoms in total. The zero-order chi connectivity index (χ0) is 15.2. The molecule has 1 aromatic carbocycles. The molecule has 0 radical (unpaired) electrons. The second-order valence-corrected chi connectivity index (χ2v) is 4.99. The number of aromatic nitrogens is 1. The fourth-order valence-corrected chi connectivity index (χ4v) is 2.08. The van der Waals surface area contributed by atoms with Crippen LogP contribution in [0.4, 0.5) is 0 Å². The first-order chi connectivity index (χ1) is 10.1. The molecule has 0 saturated heterocycles. The number of rotatable bonds is 6. The highest BCUT2D eigenvalue weighted by atomic mass is 35.5. The Morgan fingerprint density at radius 1 is 1.19 bits per heavy atom. The van der Waals surface area contributed by atoms with Crippen LogP contribution in [-0.4, -0.2) is 28.1 Å². The summed E-state index contributed by atoms with van der Waals surface area (Å²) in [7, 11) is 0. The lowest BCUT2D eigenvalue weighted by atomic mass is 10.1. The second kappa shape index (κ2) is 6.95. The normalized spacial score (nSPS) is 10.3. The molecule has 2 N–H and O–H groups in total. The Bertz CT molecular complexity index is 635. The van der Waals surface area contributed by atoms with Crippen molar-refractivity contribution in [1.82, 2.24) is 9.88 Å². The number of hydrogen-bond acceptors (Lipinski definition) is 2. The second-order valence-electron chi connectivity index (χ2n) is 4.55. The summed E-state index contributed by atoms with van der Waals surface area (Å²) in [6.07, 6.45) is 2.27. The summed E-state index contributed by atoms with van der Waals surface area (Å²) in [6, 6.07) is 10.5. The summed E-state index contributed by atoms with van der Waals surface area (Å²) in [6.45, 7) is 0.486. The number of halogens is 1. The maximum absolute atomic E-state index is 11.8. The number of aromatic carboxylic acids is 1. The Labute approximate surface area is 127 Å². The highest BCUT2D eigenvalue weighted by Crippen LogP contribution is 2.09. The lowest BCUT2D eigenvalue weighted by Crippen LogP contribution is -2.30. The number of carboxylic acids is 1. The Morgan fingerprint density at radius 3 is 2.57 bits per heavy atom. The monoisotopic (exact) mass is 306 g/mol. The van der Waals surface area contributed by atoms with Crippen LogP contribution in [0, 0.1) is 0 Å². The van der Waals surface area contributed by atoms with Gasteiger partial charge in [-0.25, -0.2) is 4.79 Å². The summed E-state index contributed by atoms with van der Waals surface area (Å²) in [5.41, 5.74) is 1.18. The van der Waals surface area contributed by atoms with Gasteiger partial charge in [0.25, 0.3) is 0 Å². The molecule has 0 atom stereocenters. The molecule has 2 rings (SSSR count). The van der Waals surface area contributed by atoms with Crippen LogP contribution in [-0.2, 0) is 17.8 Å². The van der Waals surface area contributed by atoms with E-state index in [1.807, 2.05) is 12.1 Å². The van der Waals surface area contributed by atoms with E-state index in [1.165, 1.54) is 10.6 Å². The molecule has 0 aliphatic heterocycles. The van der Waals surface area contributed by atoms with Gasteiger partial charge in [0.05, 0.1) is 0 Å². The Kier molecular flexibility index (Phi) is 5.00. The van der Waals surface area contributed by atoms with Crippen LogP contribution in [0.2, 0.25) is 5.02 Å². The van der Waals surface area contributed by atoms with E-state index in [9.17, 15) is 9.59 Å². The molecule has 0 bridgehead atoms. The number of nitrogens with one attached hydrogen (secondary N) is 1. The lowest BCUT2D eigenvalue weighted by Gasteiger charge is -2.08. The molecule has 110 valence electrons. The van der Waals surface area contributed by atoms with Gasteiger partial charge in [-0.1, -0.05) is 23.7 Å². The molecule has 21 heavy (non-hydrogen) atoms. The van der Waals surface area contributed by atoms with E-state index in [0.29, 0.717) is 18.0 Å². The SMILES string of the molecule is O=C(Cn1cccc1C(=O)O)NCCc1ccc(Cl)cc1. The van der Waals surface area contributed by atoms with Gasteiger partial charge in [-0.15, -0.1) is 0 Å². The average Bonchev–Trinajstić information content (AvgIpc) is 2.89. The van der Waals surface area contributed by atoms with E-state index >= 15 is 0 Å². The van der Waals surface area contributed by atoms with Gasteiger partial charge in [-0.3, -0.25) is 4.79 Å². The van der Waals surface area contributed by atoms with Gasteiger partial charge >= 0.3 is 5.97 Å². The first-order valence-electron chi connectivity index (χ1n) is 6.46. The number of benzene rings is 1. The minimum absolute atomic E-state index is 0.00471. The van der Waals surface area contributed by atoms with E-state index in [2.05, 4.69) is 5.32 Å². The highest BCUT2D eigenvalue weighted by Gasteiger charge is 2.11. The van der Waals surface area contributed by atoms with Crippen molar-refractivity contribution in [2.24, 2.45) is 0 Å². The fraction of sp³-hybridized carbons (Fsp3) is 0.200. The topological polar surface area (TPSA) is 71.3 Å². The number of nitrogens with zero attached hydrogens (tertiary/aromatic N) is 1. The van der Waals surface area contributed by atoms with Gasteiger partial charge in [0.1, 0.15) is 12.2 Å². The molecule has 1 heterocycles. The van der Waals surface area contributed by atoms with Gasteiger partial charge in [0.2, 0.25) is 5.91 Å². The van der Waals surface area contributed by atoms with Gasteiger partial charge in [0, 0.05) is 17.8 Å². The maximum Gasteiger partial charge on any atom is 0.352 e. The minimum Gasteiger partial charge on any atom is -0.477 e. The van der Waals surface area contributed by atoms with Crippen LogP contribution in [0.5, 0.6) is 0 Å². The third kappa shape index (κ3) is 4.36. The number of hydrogen-bond donors (Lipinski definition) is 2. The van der Waals surface area contributed by atoms with Gasteiger partial charge < -0.3 is 15.0 Å². The summed E-state index contributed by atoms with van der Waals surface area (Å²) in [4.78, 5) is 22.7. The maximum atomic E-state index is 11.8. The minimum atomic E-state index is -1.05. The predicted octanol–water partition coefficient (Wildman–Crippen LogP) is 2.20. The lowest BCUT2D eigenvalue weighted by molar-refractivity contribution is -0.121.